The highest BCUT2D eigenvalue weighted by Gasteiger charge is 2.31. The van der Waals surface area contributed by atoms with Crippen molar-refractivity contribution in [3.05, 3.63) is 0 Å². The minimum Gasteiger partial charge on any atom is -0.468 e. The Morgan fingerprint density at radius 1 is 1.56 bits per heavy atom. The van der Waals surface area contributed by atoms with Crippen LogP contribution >= 0.6 is 0 Å². The molecule has 2 atom stereocenters. The Kier molecular flexibility index (Phi) is 6.60. The molecule has 0 aliphatic carbocycles. The fourth-order valence-corrected chi connectivity index (χ4v) is 2.07. The van der Waals surface area contributed by atoms with Crippen LogP contribution in [0.3, 0.4) is 0 Å². The number of hydrogen-bond acceptors (Lipinski definition) is 5. The number of rotatable bonds is 8. The third-order valence-electron chi connectivity index (χ3n) is 3.48. The van der Waals surface area contributed by atoms with Crippen molar-refractivity contribution >= 4 is 5.97 Å². The van der Waals surface area contributed by atoms with E-state index in [1.807, 2.05) is 6.92 Å². The zero-order valence-corrected chi connectivity index (χ0v) is 11.7. The Morgan fingerprint density at radius 2 is 2.33 bits per heavy atom. The van der Waals surface area contributed by atoms with Crippen molar-refractivity contribution in [3.8, 4) is 0 Å². The monoisotopic (exact) mass is 259 g/mol. The summed E-state index contributed by atoms with van der Waals surface area (Å²) in [5.74, 6) is -0.232. The molecule has 0 radical (unpaired) electrons. The number of methoxy groups -OCH3 is 1. The largest absolute Gasteiger partial charge is 0.468 e. The van der Waals surface area contributed by atoms with Gasteiger partial charge in [-0.05, 0) is 39.7 Å². The van der Waals surface area contributed by atoms with Gasteiger partial charge in [0.1, 0.15) is 5.54 Å². The molecule has 1 heterocycles. The van der Waals surface area contributed by atoms with E-state index in [0.717, 1.165) is 25.9 Å². The highest BCUT2D eigenvalue weighted by molar-refractivity contribution is 5.80. The third-order valence-corrected chi connectivity index (χ3v) is 3.48. The number of ether oxygens (including phenoxy) is 3. The smallest absolute Gasteiger partial charge is 0.325 e. The topological polar surface area (TPSA) is 56.8 Å². The van der Waals surface area contributed by atoms with Gasteiger partial charge in [0.2, 0.25) is 0 Å². The molecule has 5 nitrogen and oxygen atoms in total. The lowest BCUT2D eigenvalue weighted by molar-refractivity contribution is -0.148. The lowest BCUT2D eigenvalue weighted by Gasteiger charge is -2.26. The van der Waals surface area contributed by atoms with E-state index >= 15 is 0 Å². The van der Waals surface area contributed by atoms with Crippen molar-refractivity contribution < 1.29 is 19.0 Å². The molecular weight excluding hydrogens is 234 g/mol. The maximum absolute atomic E-state index is 11.6. The summed E-state index contributed by atoms with van der Waals surface area (Å²) in [6.45, 7) is 4.01. The molecule has 1 fully saturated rings. The molecule has 2 unspecified atom stereocenters. The van der Waals surface area contributed by atoms with E-state index < -0.39 is 5.54 Å². The van der Waals surface area contributed by atoms with E-state index in [4.69, 9.17) is 14.2 Å². The molecule has 0 saturated carbocycles. The van der Waals surface area contributed by atoms with Gasteiger partial charge in [0.05, 0.1) is 19.8 Å². The normalized spacial score (nSPS) is 22.7. The molecule has 0 aromatic carbocycles. The van der Waals surface area contributed by atoms with Gasteiger partial charge >= 0.3 is 5.97 Å². The van der Waals surface area contributed by atoms with E-state index in [1.165, 1.54) is 7.11 Å². The summed E-state index contributed by atoms with van der Waals surface area (Å²) in [6.07, 6.45) is 4.01. The quantitative estimate of drug-likeness (QED) is 0.523. The molecule has 1 aliphatic rings. The van der Waals surface area contributed by atoms with Gasteiger partial charge in [-0.25, -0.2) is 0 Å². The third kappa shape index (κ3) is 4.55. The molecule has 1 aliphatic heterocycles. The SMILES string of the molecule is CNC(C)(CCCOCC1CCCO1)C(=O)OC. The molecule has 1 saturated heterocycles. The van der Waals surface area contributed by atoms with Gasteiger partial charge < -0.3 is 19.5 Å². The van der Waals surface area contributed by atoms with Crippen molar-refractivity contribution in [1.82, 2.24) is 5.32 Å². The van der Waals surface area contributed by atoms with Gasteiger partial charge in [0, 0.05) is 13.2 Å². The summed E-state index contributed by atoms with van der Waals surface area (Å²) in [5.41, 5.74) is -0.623. The van der Waals surface area contributed by atoms with Crippen LogP contribution in [0.2, 0.25) is 0 Å². The molecule has 0 spiro atoms. The van der Waals surface area contributed by atoms with Crippen molar-refractivity contribution in [2.75, 3.05) is 34.0 Å². The first-order valence-corrected chi connectivity index (χ1v) is 6.59. The van der Waals surface area contributed by atoms with Gasteiger partial charge in [-0.15, -0.1) is 0 Å². The van der Waals surface area contributed by atoms with Gasteiger partial charge in [-0.1, -0.05) is 0 Å². The number of carbonyl (C=O) groups is 1. The predicted molar refractivity (Wildman–Crippen MR) is 68.5 cm³/mol. The Hall–Kier alpha value is -0.650. The van der Waals surface area contributed by atoms with E-state index in [9.17, 15) is 4.79 Å². The number of hydrogen-bond donors (Lipinski definition) is 1. The molecule has 5 heteroatoms. The summed E-state index contributed by atoms with van der Waals surface area (Å²) in [6, 6.07) is 0. The second-order valence-corrected chi connectivity index (χ2v) is 4.89. The van der Waals surface area contributed by atoms with Crippen molar-refractivity contribution in [3.63, 3.8) is 0 Å². The second-order valence-electron chi connectivity index (χ2n) is 4.89. The average molecular weight is 259 g/mol. The van der Waals surface area contributed by atoms with Crippen LogP contribution in [0.5, 0.6) is 0 Å². The second kappa shape index (κ2) is 7.71. The van der Waals surface area contributed by atoms with Crippen LogP contribution in [-0.2, 0) is 19.0 Å². The van der Waals surface area contributed by atoms with Crippen LogP contribution in [0, 0.1) is 0 Å². The zero-order chi connectivity index (χ0) is 13.4. The van der Waals surface area contributed by atoms with Gasteiger partial charge in [-0.3, -0.25) is 4.79 Å². The maximum Gasteiger partial charge on any atom is 0.325 e. The highest BCUT2D eigenvalue weighted by atomic mass is 16.5. The lowest BCUT2D eigenvalue weighted by Crippen LogP contribution is -2.48. The van der Waals surface area contributed by atoms with Gasteiger partial charge in [0.15, 0.2) is 0 Å². The molecule has 18 heavy (non-hydrogen) atoms. The average Bonchev–Trinajstić information content (AvgIpc) is 2.90. The van der Waals surface area contributed by atoms with E-state index in [2.05, 4.69) is 5.32 Å². The fraction of sp³-hybridized carbons (Fsp3) is 0.923. The lowest BCUT2D eigenvalue weighted by atomic mass is 9.96. The van der Waals surface area contributed by atoms with Crippen LogP contribution in [-0.4, -0.2) is 51.6 Å². The molecule has 0 aromatic heterocycles. The Balaban J connectivity index is 2.13. The number of likely N-dealkylation sites (N-methyl/N-ethyl adjacent to an activating group) is 1. The van der Waals surface area contributed by atoms with Crippen LogP contribution in [0.1, 0.15) is 32.6 Å². The summed E-state index contributed by atoms with van der Waals surface area (Å²) in [7, 11) is 3.18. The molecule has 1 N–H and O–H groups in total. The molecule has 106 valence electrons. The fourth-order valence-electron chi connectivity index (χ4n) is 2.07. The van der Waals surface area contributed by atoms with E-state index in [-0.39, 0.29) is 12.1 Å². The molecule has 0 aromatic rings. The van der Waals surface area contributed by atoms with Crippen molar-refractivity contribution in [2.45, 2.75) is 44.2 Å². The Bertz CT molecular complexity index is 253. The van der Waals surface area contributed by atoms with Crippen LogP contribution in [0.25, 0.3) is 0 Å². The predicted octanol–water partition coefficient (Wildman–Crippen LogP) is 1.11. The molecule has 0 amide bonds. The number of carbonyl (C=O) groups excluding carboxylic acids is 1. The van der Waals surface area contributed by atoms with E-state index in [0.29, 0.717) is 19.6 Å². The van der Waals surface area contributed by atoms with Gasteiger partial charge in [-0.2, -0.15) is 0 Å². The first kappa shape index (κ1) is 15.4. The summed E-state index contributed by atoms with van der Waals surface area (Å²) in [5, 5.41) is 3.01. The van der Waals surface area contributed by atoms with Crippen molar-refractivity contribution in [1.29, 1.82) is 0 Å². The highest BCUT2D eigenvalue weighted by Crippen LogP contribution is 2.15. The van der Waals surface area contributed by atoms with Crippen LogP contribution in [0.15, 0.2) is 0 Å². The van der Waals surface area contributed by atoms with Crippen molar-refractivity contribution in [2.24, 2.45) is 0 Å². The summed E-state index contributed by atoms with van der Waals surface area (Å²) in [4.78, 5) is 11.6. The molecular formula is C13H25NO4. The zero-order valence-electron chi connectivity index (χ0n) is 11.7. The maximum atomic E-state index is 11.6. The summed E-state index contributed by atoms with van der Waals surface area (Å²) < 4.78 is 15.8. The van der Waals surface area contributed by atoms with Gasteiger partial charge in [0.25, 0.3) is 0 Å². The first-order valence-electron chi connectivity index (χ1n) is 6.59. The summed E-state index contributed by atoms with van der Waals surface area (Å²) >= 11 is 0. The molecule has 1 rings (SSSR count). The first-order chi connectivity index (χ1) is 8.62. The number of nitrogens with one attached hydrogen (secondary N) is 1. The minimum absolute atomic E-state index is 0.232. The number of esters is 1. The van der Waals surface area contributed by atoms with E-state index in [1.54, 1.807) is 7.05 Å². The Morgan fingerprint density at radius 3 is 2.89 bits per heavy atom. The minimum atomic E-state index is -0.623. The van der Waals surface area contributed by atoms with Crippen LogP contribution in [0.4, 0.5) is 0 Å². The standard InChI is InChI=1S/C13H25NO4/c1-13(14-2,12(15)16-3)7-5-8-17-10-11-6-4-9-18-11/h11,14H,4-10H2,1-3H3. The molecule has 0 bridgehead atoms. The Labute approximate surface area is 109 Å². The van der Waals surface area contributed by atoms with Crippen LogP contribution < -0.4 is 5.32 Å².